The van der Waals surface area contributed by atoms with Crippen molar-refractivity contribution in [2.45, 2.75) is 53.1 Å². The molecule has 0 bridgehead atoms. The zero-order chi connectivity index (χ0) is 11.6. The van der Waals surface area contributed by atoms with Crippen molar-refractivity contribution >= 4 is 0 Å². The second kappa shape index (κ2) is 4.35. The maximum absolute atomic E-state index is 6.18. The largest absolute Gasteiger partial charge is 0.326 e. The molecule has 0 saturated heterocycles. The Morgan fingerprint density at radius 2 is 2.07 bits per heavy atom. The summed E-state index contributed by atoms with van der Waals surface area (Å²) in [6.07, 6.45) is 3.00. The summed E-state index contributed by atoms with van der Waals surface area (Å²) in [4.78, 5) is 0. The molecule has 0 amide bonds. The van der Waals surface area contributed by atoms with E-state index in [0.717, 1.165) is 12.1 Å². The third-order valence-corrected chi connectivity index (χ3v) is 2.79. The second-order valence-electron chi connectivity index (χ2n) is 5.32. The lowest BCUT2D eigenvalue weighted by molar-refractivity contribution is 0.186. The van der Waals surface area contributed by atoms with Crippen molar-refractivity contribution in [2.75, 3.05) is 0 Å². The van der Waals surface area contributed by atoms with Gasteiger partial charge in [-0.15, -0.1) is 0 Å². The van der Waals surface area contributed by atoms with Gasteiger partial charge in [0.05, 0.1) is 11.7 Å². The van der Waals surface area contributed by atoms with Gasteiger partial charge in [-0.1, -0.05) is 27.7 Å². The van der Waals surface area contributed by atoms with Crippen LogP contribution >= 0.6 is 0 Å². The second-order valence-corrected chi connectivity index (χ2v) is 5.32. The van der Waals surface area contributed by atoms with Gasteiger partial charge in [0.15, 0.2) is 0 Å². The van der Waals surface area contributed by atoms with Gasteiger partial charge in [0.25, 0.3) is 0 Å². The fourth-order valence-electron chi connectivity index (χ4n) is 2.05. The fraction of sp³-hybridized carbons (Fsp3) is 0.750. The van der Waals surface area contributed by atoms with Crippen molar-refractivity contribution in [3.05, 3.63) is 18.0 Å². The van der Waals surface area contributed by atoms with Gasteiger partial charge in [-0.2, -0.15) is 5.10 Å². The molecule has 1 aromatic rings. The molecule has 2 N–H and O–H groups in total. The molecule has 2 atom stereocenters. The molecule has 86 valence electrons. The smallest absolute Gasteiger partial charge is 0.0718 e. The molecule has 0 radical (unpaired) electrons. The van der Waals surface area contributed by atoms with E-state index >= 15 is 0 Å². The van der Waals surface area contributed by atoms with Crippen LogP contribution in [-0.2, 0) is 0 Å². The van der Waals surface area contributed by atoms with E-state index in [0.29, 0.717) is 0 Å². The molecule has 1 rings (SSSR count). The molecule has 0 spiro atoms. The van der Waals surface area contributed by atoms with Gasteiger partial charge >= 0.3 is 0 Å². The minimum absolute atomic E-state index is 0.133. The standard InChI is InChI=1S/C12H23N3/c1-6-10(13)11(12(3,4)5)15-8-7-9(2)14-15/h7-8,10-11H,6,13H2,1-5H3. The average Bonchev–Trinajstić information content (AvgIpc) is 2.49. The number of rotatable bonds is 3. The first-order chi connectivity index (χ1) is 6.86. The maximum Gasteiger partial charge on any atom is 0.0718 e. The van der Waals surface area contributed by atoms with E-state index < -0.39 is 0 Å². The van der Waals surface area contributed by atoms with Gasteiger partial charge in [0, 0.05) is 12.2 Å². The predicted octanol–water partition coefficient (Wildman–Crippen LogP) is 2.52. The predicted molar refractivity (Wildman–Crippen MR) is 63.7 cm³/mol. The number of hydrogen-bond donors (Lipinski definition) is 1. The van der Waals surface area contributed by atoms with Crippen molar-refractivity contribution in [1.82, 2.24) is 9.78 Å². The highest BCUT2D eigenvalue weighted by molar-refractivity contribution is 4.99. The van der Waals surface area contributed by atoms with Crippen LogP contribution in [0, 0.1) is 12.3 Å². The van der Waals surface area contributed by atoms with Crippen LogP contribution in [-0.4, -0.2) is 15.8 Å². The minimum Gasteiger partial charge on any atom is -0.326 e. The quantitative estimate of drug-likeness (QED) is 0.831. The molecule has 1 heterocycles. The molecule has 2 unspecified atom stereocenters. The summed E-state index contributed by atoms with van der Waals surface area (Å²) < 4.78 is 2.02. The SMILES string of the molecule is CCC(N)C(n1ccc(C)n1)C(C)(C)C. The van der Waals surface area contributed by atoms with E-state index in [-0.39, 0.29) is 17.5 Å². The summed E-state index contributed by atoms with van der Waals surface area (Å²) in [6.45, 7) is 10.8. The minimum atomic E-state index is 0.133. The van der Waals surface area contributed by atoms with Crippen LogP contribution in [0.25, 0.3) is 0 Å². The van der Waals surface area contributed by atoms with Crippen LogP contribution in [0.1, 0.15) is 45.9 Å². The van der Waals surface area contributed by atoms with Crippen LogP contribution in [0.5, 0.6) is 0 Å². The zero-order valence-electron chi connectivity index (χ0n) is 10.5. The molecule has 15 heavy (non-hydrogen) atoms. The molecule has 0 aromatic carbocycles. The Hall–Kier alpha value is -0.830. The van der Waals surface area contributed by atoms with Crippen molar-refractivity contribution in [2.24, 2.45) is 11.1 Å². The van der Waals surface area contributed by atoms with E-state index in [4.69, 9.17) is 5.73 Å². The number of aryl methyl sites for hydroxylation is 1. The normalized spacial score (nSPS) is 16.4. The lowest BCUT2D eigenvalue weighted by Crippen LogP contribution is -2.40. The van der Waals surface area contributed by atoms with Crippen molar-refractivity contribution in [1.29, 1.82) is 0 Å². The highest BCUT2D eigenvalue weighted by atomic mass is 15.3. The first-order valence-corrected chi connectivity index (χ1v) is 5.63. The first kappa shape index (κ1) is 12.2. The molecule has 3 heteroatoms. The third-order valence-electron chi connectivity index (χ3n) is 2.79. The van der Waals surface area contributed by atoms with E-state index in [1.54, 1.807) is 0 Å². The maximum atomic E-state index is 6.18. The van der Waals surface area contributed by atoms with Crippen molar-refractivity contribution in [3.8, 4) is 0 Å². The van der Waals surface area contributed by atoms with E-state index in [1.165, 1.54) is 0 Å². The lowest BCUT2D eigenvalue weighted by atomic mass is 9.82. The third kappa shape index (κ3) is 2.81. The molecule has 0 aliphatic rings. The van der Waals surface area contributed by atoms with Crippen LogP contribution in [0.3, 0.4) is 0 Å². The molecule has 0 aliphatic carbocycles. The number of hydrogen-bond acceptors (Lipinski definition) is 2. The molecule has 0 saturated carbocycles. The molecule has 0 aliphatic heterocycles. The number of aromatic nitrogens is 2. The summed E-state index contributed by atoms with van der Waals surface area (Å²) in [6, 6.07) is 2.45. The highest BCUT2D eigenvalue weighted by Crippen LogP contribution is 2.33. The van der Waals surface area contributed by atoms with Gasteiger partial charge in [0.2, 0.25) is 0 Å². The lowest BCUT2D eigenvalue weighted by Gasteiger charge is -2.35. The van der Waals surface area contributed by atoms with Crippen molar-refractivity contribution in [3.63, 3.8) is 0 Å². The van der Waals surface area contributed by atoms with E-state index in [9.17, 15) is 0 Å². The molecule has 0 fully saturated rings. The Labute approximate surface area is 92.7 Å². The molecule has 3 nitrogen and oxygen atoms in total. The van der Waals surface area contributed by atoms with Gasteiger partial charge in [-0.3, -0.25) is 4.68 Å². The Morgan fingerprint density at radius 3 is 2.40 bits per heavy atom. The summed E-state index contributed by atoms with van der Waals surface area (Å²) in [5.74, 6) is 0. The zero-order valence-corrected chi connectivity index (χ0v) is 10.5. The fourth-order valence-corrected chi connectivity index (χ4v) is 2.05. The van der Waals surface area contributed by atoms with Crippen LogP contribution < -0.4 is 5.73 Å². The highest BCUT2D eigenvalue weighted by Gasteiger charge is 2.31. The van der Waals surface area contributed by atoms with Gasteiger partial charge in [-0.25, -0.2) is 0 Å². The summed E-state index contributed by atoms with van der Waals surface area (Å²) in [7, 11) is 0. The number of nitrogens with zero attached hydrogens (tertiary/aromatic N) is 2. The van der Waals surface area contributed by atoms with Crippen molar-refractivity contribution < 1.29 is 0 Å². The average molecular weight is 209 g/mol. The summed E-state index contributed by atoms with van der Waals surface area (Å²) in [5.41, 5.74) is 7.37. The van der Waals surface area contributed by atoms with Gasteiger partial charge in [-0.05, 0) is 24.8 Å². The Kier molecular flexibility index (Phi) is 3.55. The monoisotopic (exact) mass is 209 g/mol. The van der Waals surface area contributed by atoms with E-state index in [1.807, 2.05) is 23.9 Å². The first-order valence-electron chi connectivity index (χ1n) is 5.63. The summed E-state index contributed by atoms with van der Waals surface area (Å²) in [5, 5.41) is 4.48. The molecule has 1 aromatic heterocycles. The van der Waals surface area contributed by atoms with Gasteiger partial charge in [0.1, 0.15) is 0 Å². The van der Waals surface area contributed by atoms with E-state index in [2.05, 4.69) is 32.8 Å². The topological polar surface area (TPSA) is 43.8 Å². The van der Waals surface area contributed by atoms with Crippen LogP contribution in [0.4, 0.5) is 0 Å². The Bertz CT molecular complexity index is 309. The van der Waals surface area contributed by atoms with Crippen LogP contribution in [0.15, 0.2) is 12.3 Å². The van der Waals surface area contributed by atoms with Gasteiger partial charge < -0.3 is 5.73 Å². The van der Waals surface area contributed by atoms with Crippen LogP contribution in [0.2, 0.25) is 0 Å². The Balaban J connectivity index is 3.01. The molecular weight excluding hydrogens is 186 g/mol. The Morgan fingerprint density at radius 1 is 1.47 bits per heavy atom. The molecular formula is C12H23N3. The summed E-state index contributed by atoms with van der Waals surface area (Å²) >= 11 is 0. The number of nitrogens with two attached hydrogens (primary N) is 1.